The molecule has 1 unspecified atom stereocenters. The molecule has 1 amide bonds. The van der Waals surface area contributed by atoms with Crippen molar-refractivity contribution < 1.29 is 9.53 Å². The van der Waals surface area contributed by atoms with E-state index < -0.39 is 5.41 Å². The predicted octanol–water partition coefficient (Wildman–Crippen LogP) is 1.81. The fourth-order valence-electron chi connectivity index (χ4n) is 2.17. The van der Waals surface area contributed by atoms with Crippen LogP contribution in [0.5, 0.6) is 0 Å². The maximum atomic E-state index is 12.2. The zero-order valence-corrected chi connectivity index (χ0v) is 11.0. The summed E-state index contributed by atoms with van der Waals surface area (Å²) in [5.41, 5.74) is -0.853. The first-order valence-corrected chi connectivity index (χ1v) is 6.27. The fraction of sp³-hybridized carbons (Fsp3) is 0.846. The van der Waals surface area contributed by atoms with Gasteiger partial charge in [-0.1, -0.05) is 6.92 Å². The van der Waals surface area contributed by atoms with Gasteiger partial charge in [-0.3, -0.25) is 4.79 Å². The van der Waals surface area contributed by atoms with E-state index in [2.05, 4.69) is 6.07 Å². The van der Waals surface area contributed by atoms with Crippen molar-refractivity contribution in [1.29, 1.82) is 5.26 Å². The van der Waals surface area contributed by atoms with Gasteiger partial charge in [0.2, 0.25) is 5.91 Å². The highest BCUT2D eigenvalue weighted by Crippen LogP contribution is 2.26. The van der Waals surface area contributed by atoms with Crippen LogP contribution in [0.2, 0.25) is 0 Å². The third-order valence-electron chi connectivity index (χ3n) is 3.73. The van der Waals surface area contributed by atoms with Crippen molar-refractivity contribution in [2.75, 3.05) is 26.8 Å². The molecule has 0 aromatic carbocycles. The zero-order chi connectivity index (χ0) is 12.9. The molecule has 0 aromatic heterocycles. The normalized spacial score (nSPS) is 20.7. The third-order valence-corrected chi connectivity index (χ3v) is 3.73. The van der Waals surface area contributed by atoms with Crippen molar-refractivity contribution in [3.63, 3.8) is 0 Å². The Labute approximate surface area is 104 Å². The number of nitrogens with zero attached hydrogens (tertiary/aromatic N) is 2. The Morgan fingerprint density at radius 3 is 2.53 bits per heavy atom. The average Bonchev–Trinajstić information content (AvgIpc) is 2.38. The second-order valence-corrected chi connectivity index (χ2v) is 4.99. The molecule has 17 heavy (non-hydrogen) atoms. The number of carbonyl (C=O) groups is 1. The Kier molecular flexibility index (Phi) is 4.95. The summed E-state index contributed by atoms with van der Waals surface area (Å²) in [6, 6.07) is 2.15. The van der Waals surface area contributed by atoms with Crippen LogP contribution in [-0.4, -0.2) is 37.6 Å². The SMILES string of the molecule is CCC(C)(C#N)C(=O)N1CCC(COC)CC1. The van der Waals surface area contributed by atoms with Gasteiger partial charge in [-0.15, -0.1) is 0 Å². The Hall–Kier alpha value is -1.08. The first-order valence-electron chi connectivity index (χ1n) is 6.27. The highest BCUT2D eigenvalue weighted by Gasteiger charge is 2.36. The van der Waals surface area contributed by atoms with E-state index in [-0.39, 0.29) is 5.91 Å². The second kappa shape index (κ2) is 6.02. The van der Waals surface area contributed by atoms with Crippen molar-refractivity contribution in [1.82, 2.24) is 4.90 Å². The second-order valence-electron chi connectivity index (χ2n) is 4.99. The number of amides is 1. The molecule has 4 heteroatoms. The maximum absolute atomic E-state index is 12.2. The summed E-state index contributed by atoms with van der Waals surface area (Å²) in [4.78, 5) is 14.1. The van der Waals surface area contributed by atoms with E-state index in [1.807, 2.05) is 11.8 Å². The molecule has 1 aliphatic rings. The van der Waals surface area contributed by atoms with Crippen LogP contribution in [-0.2, 0) is 9.53 Å². The van der Waals surface area contributed by atoms with Gasteiger partial charge in [0, 0.05) is 26.8 Å². The van der Waals surface area contributed by atoms with Crippen LogP contribution in [0.1, 0.15) is 33.1 Å². The molecule has 0 radical (unpaired) electrons. The molecule has 1 saturated heterocycles. The van der Waals surface area contributed by atoms with E-state index in [0.717, 1.165) is 32.5 Å². The number of ether oxygens (including phenoxy) is 1. The van der Waals surface area contributed by atoms with Crippen LogP contribution in [0.3, 0.4) is 0 Å². The number of carbonyl (C=O) groups excluding carboxylic acids is 1. The number of methoxy groups -OCH3 is 1. The lowest BCUT2D eigenvalue weighted by Gasteiger charge is -2.35. The van der Waals surface area contributed by atoms with Crippen molar-refractivity contribution in [2.24, 2.45) is 11.3 Å². The van der Waals surface area contributed by atoms with Crippen LogP contribution < -0.4 is 0 Å². The Morgan fingerprint density at radius 1 is 1.53 bits per heavy atom. The zero-order valence-electron chi connectivity index (χ0n) is 11.0. The minimum atomic E-state index is -0.853. The molecule has 1 aliphatic heterocycles. The molecule has 1 rings (SSSR count). The molecule has 1 atom stereocenters. The van der Waals surface area contributed by atoms with Crippen molar-refractivity contribution in [3.8, 4) is 6.07 Å². The average molecular weight is 238 g/mol. The fourth-order valence-corrected chi connectivity index (χ4v) is 2.17. The van der Waals surface area contributed by atoms with Crippen LogP contribution in [0.4, 0.5) is 0 Å². The quantitative estimate of drug-likeness (QED) is 0.750. The van der Waals surface area contributed by atoms with Crippen molar-refractivity contribution >= 4 is 5.91 Å². The number of hydrogen-bond acceptors (Lipinski definition) is 3. The highest BCUT2D eigenvalue weighted by atomic mass is 16.5. The molecule has 1 heterocycles. The van der Waals surface area contributed by atoms with Gasteiger partial charge >= 0.3 is 0 Å². The lowest BCUT2D eigenvalue weighted by Crippen LogP contribution is -2.46. The van der Waals surface area contributed by atoms with Gasteiger partial charge in [-0.05, 0) is 32.1 Å². The topological polar surface area (TPSA) is 53.3 Å². The Morgan fingerprint density at radius 2 is 2.12 bits per heavy atom. The molecule has 0 N–H and O–H groups in total. The molecular weight excluding hydrogens is 216 g/mol. The molecule has 0 saturated carbocycles. The van der Waals surface area contributed by atoms with E-state index in [1.54, 1.807) is 14.0 Å². The minimum Gasteiger partial charge on any atom is -0.384 e. The summed E-state index contributed by atoms with van der Waals surface area (Å²) in [6.07, 6.45) is 2.52. The summed E-state index contributed by atoms with van der Waals surface area (Å²) in [5, 5.41) is 9.11. The van der Waals surface area contributed by atoms with Crippen LogP contribution >= 0.6 is 0 Å². The largest absolute Gasteiger partial charge is 0.384 e. The number of likely N-dealkylation sites (tertiary alicyclic amines) is 1. The molecule has 0 bridgehead atoms. The van der Waals surface area contributed by atoms with Crippen LogP contribution in [0.25, 0.3) is 0 Å². The molecule has 0 aromatic rings. The van der Waals surface area contributed by atoms with Gasteiger partial charge in [0.1, 0.15) is 5.41 Å². The van der Waals surface area contributed by atoms with Crippen molar-refractivity contribution in [3.05, 3.63) is 0 Å². The Balaban J connectivity index is 2.54. The smallest absolute Gasteiger partial charge is 0.242 e. The molecule has 0 spiro atoms. The van der Waals surface area contributed by atoms with Gasteiger partial charge in [0.05, 0.1) is 6.07 Å². The van der Waals surface area contributed by atoms with Gasteiger partial charge in [0.15, 0.2) is 0 Å². The number of piperidine rings is 1. The molecule has 4 nitrogen and oxygen atoms in total. The van der Waals surface area contributed by atoms with E-state index >= 15 is 0 Å². The first kappa shape index (κ1) is 14.0. The lowest BCUT2D eigenvalue weighted by atomic mass is 9.86. The van der Waals surface area contributed by atoms with E-state index in [1.165, 1.54) is 0 Å². The minimum absolute atomic E-state index is 0.0154. The van der Waals surface area contributed by atoms with Gasteiger partial charge < -0.3 is 9.64 Å². The lowest BCUT2D eigenvalue weighted by molar-refractivity contribution is -0.140. The van der Waals surface area contributed by atoms with Crippen LogP contribution in [0, 0.1) is 22.7 Å². The highest BCUT2D eigenvalue weighted by molar-refractivity contribution is 5.85. The number of rotatable bonds is 4. The monoisotopic (exact) mass is 238 g/mol. The van der Waals surface area contributed by atoms with Gasteiger partial charge in [-0.2, -0.15) is 5.26 Å². The number of nitriles is 1. The van der Waals surface area contributed by atoms with Gasteiger partial charge in [0.25, 0.3) is 0 Å². The van der Waals surface area contributed by atoms with E-state index in [0.29, 0.717) is 12.3 Å². The van der Waals surface area contributed by atoms with Gasteiger partial charge in [-0.25, -0.2) is 0 Å². The van der Waals surface area contributed by atoms with Crippen LogP contribution in [0.15, 0.2) is 0 Å². The summed E-state index contributed by atoms with van der Waals surface area (Å²) in [6.45, 7) is 5.90. The third kappa shape index (κ3) is 3.19. The number of hydrogen-bond donors (Lipinski definition) is 0. The summed E-state index contributed by atoms with van der Waals surface area (Å²) < 4.78 is 5.13. The maximum Gasteiger partial charge on any atom is 0.242 e. The van der Waals surface area contributed by atoms with Crippen molar-refractivity contribution in [2.45, 2.75) is 33.1 Å². The van der Waals surface area contributed by atoms with E-state index in [4.69, 9.17) is 10.00 Å². The molecular formula is C13H22N2O2. The summed E-state index contributed by atoms with van der Waals surface area (Å²) in [5.74, 6) is 0.539. The first-order chi connectivity index (χ1) is 8.07. The standard InChI is InChI=1S/C13H22N2O2/c1-4-13(2,10-14)12(16)15-7-5-11(6-8-15)9-17-3/h11H,4-9H2,1-3H3. The summed E-state index contributed by atoms with van der Waals surface area (Å²) >= 11 is 0. The summed E-state index contributed by atoms with van der Waals surface area (Å²) in [7, 11) is 1.71. The Bertz CT molecular complexity index is 303. The van der Waals surface area contributed by atoms with E-state index in [9.17, 15) is 4.79 Å². The predicted molar refractivity (Wildman–Crippen MR) is 65.2 cm³/mol. The molecule has 1 fully saturated rings. The molecule has 96 valence electrons. The molecule has 0 aliphatic carbocycles.